The van der Waals surface area contributed by atoms with Crippen LogP contribution in [-0.2, 0) is 10.3 Å². The van der Waals surface area contributed by atoms with Gasteiger partial charge >= 0.3 is 6.09 Å². The number of carbonyl (C=O) groups is 1. The standard InChI is InChI=1S/C25H32N4O3/c1-17-2-5-20-22(14-17)32-25(8-12-28(13-9-25)24(30)31-16-18-3-4-18)21-15-29(27-23(20)21)19-6-10-26-11-7-19/h2,5,14-15,18-19,26H,3-4,6-13,16H2,1H3. The Morgan fingerprint density at radius 3 is 2.75 bits per heavy atom. The fraction of sp³-hybridized carbons (Fsp3) is 0.600. The number of hydrogen-bond acceptors (Lipinski definition) is 5. The van der Waals surface area contributed by atoms with Gasteiger partial charge in [-0.05, 0) is 69.3 Å². The fourth-order valence-corrected chi connectivity index (χ4v) is 5.34. The second-order valence-electron chi connectivity index (χ2n) is 9.96. The number of hydrogen-bond donors (Lipinski definition) is 1. The Kier molecular flexibility index (Phi) is 4.90. The lowest BCUT2D eigenvalue weighted by atomic mass is 9.81. The molecular weight excluding hydrogens is 404 g/mol. The van der Waals surface area contributed by atoms with Crippen LogP contribution < -0.4 is 10.1 Å². The van der Waals surface area contributed by atoms with Crippen molar-refractivity contribution in [2.75, 3.05) is 32.8 Å². The van der Waals surface area contributed by atoms with E-state index in [1.54, 1.807) is 0 Å². The van der Waals surface area contributed by atoms with Gasteiger partial charge in [-0.3, -0.25) is 4.68 Å². The van der Waals surface area contributed by atoms with Crippen molar-refractivity contribution in [3.63, 3.8) is 0 Å². The summed E-state index contributed by atoms with van der Waals surface area (Å²) in [5, 5.41) is 8.55. The van der Waals surface area contributed by atoms with Crippen LogP contribution in [0.25, 0.3) is 11.3 Å². The lowest BCUT2D eigenvalue weighted by Crippen LogP contribution is -2.49. The van der Waals surface area contributed by atoms with Crippen molar-refractivity contribution < 1.29 is 14.3 Å². The van der Waals surface area contributed by atoms with Crippen LogP contribution in [0, 0.1) is 12.8 Å². The SMILES string of the molecule is Cc1ccc2c(c1)OC1(CCN(C(=O)OCC3CC3)CC1)c1cn(C3CCNCC3)nc1-2. The first-order valence-corrected chi connectivity index (χ1v) is 12.1. The Hall–Kier alpha value is -2.54. The molecule has 6 rings (SSSR count). The first kappa shape index (κ1) is 20.1. The minimum atomic E-state index is -0.436. The predicted molar refractivity (Wildman–Crippen MR) is 121 cm³/mol. The predicted octanol–water partition coefficient (Wildman–Crippen LogP) is 4.01. The summed E-state index contributed by atoms with van der Waals surface area (Å²) in [5.74, 6) is 1.50. The van der Waals surface area contributed by atoms with Gasteiger partial charge in [0, 0.05) is 43.3 Å². The first-order valence-electron chi connectivity index (χ1n) is 12.1. The van der Waals surface area contributed by atoms with E-state index in [1.165, 1.54) is 24.0 Å². The van der Waals surface area contributed by atoms with Crippen molar-refractivity contribution in [2.45, 2.75) is 57.1 Å². The minimum Gasteiger partial charge on any atom is -0.482 e. The molecule has 0 bridgehead atoms. The summed E-state index contributed by atoms with van der Waals surface area (Å²) in [6, 6.07) is 6.82. The van der Waals surface area contributed by atoms with E-state index in [1.807, 2.05) is 4.90 Å². The third-order valence-electron chi connectivity index (χ3n) is 7.57. The Balaban J connectivity index is 1.29. The highest BCUT2D eigenvalue weighted by Gasteiger charge is 2.46. The van der Waals surface area contributed by atoms with Gasteiger partial charge in [0.25, 0.3) is 0 Å². The number of ether oxygens (including phenoxy) is 2. The van der Waals surface area contributed by atoms with Gasteiger partial charge in [0.15, 0.2) is 0 Å². The summed E-state index contributed by atoms with van der Waals surface area (Å²) in [7, 11) is 0. The molecule has 1 aliphatic carbocycles. The zero-order valence-electron chi connectivity index (χ0n) is 18.8. The van der Waals surface area contributed by atoms with E-state index >= 15 is 0 Å². The Morgan fingerprint density at radius 2 is 2.00 bits per heavy atom. The van der Waals surface area contributed by atoms with Crippen LogP contribution in [0.5, 0.6) is 5.75 Å². The molecule has 1 spiro atoms. The number of fused-ring (bicyclic) bond motifs is 4. The quantitative estimate of drug-likeness (QED) is 0.787. The highest BCUT2D eigenvalue weighted by molar-refractivity contribution is 5.74. The van der Waals surface area contributed by atoms with E-state index in [2.05, 4.69) is 41.3 Å². The number of piperidine rings is 2. The van der Waals surface area contributed by atoms with Crippen molar-refractivity contribution in [1.29, 1.82) is 0 Å². The highest BCUT2D eigenvalue weighted by atomic mass is 16.6. The van der Waals surface area contributed by atoms with Gasteiger partial charge < -0.3 is 19.7 Å². The van der Waals surface area contributed by atoms with Gasteiger partial charge in [-0.15, -0.1) is 0 Å². The maximum Gasteiger partial charge on any atom is 0.409 e. The van der Waals surface area contributed by atoms with E-state index in [0.717, 1.165) is 55.8 Å². The van der Waals surface area contributed by atoms with E-state index in [9.17, 15) is 4.79 Å². The molecule has 2 aromatic rings. The van der Waals surface area contributed by atoms with E-state index < -0.39 is 5.60 Å². The first-order chi connectivity index (χ1) is 15.6. The molecule has 1 saturated carbocycles. The molecule has 4 heterocycles. The van der Waals surface area contributed by atoms with Crippen molar-refractivity contribution in [3.8, 4) is 17.0 Å². The van der Waals surface area contributed by atoms with Gasteiger partial charge in [-0.2, -0.15) is 5.10 Å². The molecule has 3 aliphatic heterocycles. The molecule has 7 nitrogen and oxygen atoms in total. The molecule has 170 valence electrons. The molecule has 0 radical (unpaired) electrons. The third-order valence-corrected chi connectivity index (χ3v) is 7.57. The zero-order chi connectivity index (χ0) is 21.7. The molecule has 3 fully saturated rings. The summed E-state index contributed by atoms with van der Waals surface area (Å²) in [4.78, 5) is 14.4. The lowest BCUT2D eigenvalue weighted by Gasteiger charge is -2.43. The number of aryl methyl sites for hydroxylation is 1. The van der Waals surface area contributed by atoms with Crippen LogP contribution in [0.4, 0.5) is 4.79 Å². The molecule has 1 N–H and O–H groups in total. The summed E-state index contributed by atoms with van der Waals surface area (Å²) in [6.07, 6.45) is 8.12. The van der Waals surface area contributed by atoms with Crippen molar-refractivity contribution in [1.82, 2.24) is 20.0 Å². The molecule has 1 amide bonds. The van der Waals surface area contributed by atoms with E-state index in [0.29, 0.717) is 31.7 Å². The van der Waals surface area contributed by atoms with Gasteiger partial charge in [-0.1, -0.05) is 6.07 Å². The molecular formula is C25H32N4O3. The smallest absolute Gasteiger partial charge is 0.409 e. The number of nitrogens with zero attached hydrogens (tertiary/aromatic N) is 3. The number of rotatable bonds is 3. The second kappa shape index (κ2) is 7.80. The van der Waals surface area contributed by atoms with Gasteiger partial charge in [0.1, 0.15) is 17.0 Å². The normalized spacial score (nSPS) is 22.2. The maximum absolute atomic E-state index is 12.5. The highest BCUT2D eigenvalue weighted by Crippen LogP contribution is 2.49. The number of aromatic nitrogens is 2. The Morgan fingerprint density at radius 1 is 1.22 bits per heavy atom. The number of carbonyl (C=O) groups excluding carboxylic acids is 1. The molecule has 7 heteroatoms. The lowest BCUT2D eigenvalue weighted by molar-refractivity contribution is -0.00608. The Bertz CT molecular complexity index is 1010. The average molecular weight is 437 g/mol. The molecule has 0 unspecified atom stereocenters. The van der Waals surface area contributed by atoms with Gasteiger partial charge in [0.05, 0.1) is 12.6 Å². The second-order valence-corrected chi connectivity index (χ2v) is 9.96. The number of amides is 1. The zero-order valence-corrected chi connectivity index (χ0v) is 18.8. The van der Waals surface area contributed by atoms with Crippen LogP contribution in [0.3, 0.4) is 0 Å². The molecule has 0 atom stereocenters. The molecule has 4 aliphatic rings. The Labute approximate surface area is 189 Å². The number of likely N-dealkylation sites (tertiary alicyclic amines) is 1. The average Bonchev–Trinajstić information content (AvgIpc) is 3.53. The maximum atomic E-state index is 12.5. The van der Waals surface area contributed by atoms with E-state index in [4.69, 9.17) is 14.6 Å². The number of nitrogens with one attached hydrogen (secondary N) is 1. The molecule has 1 aromatic heterocycles. The largest absolute Gasteiger partial charge is 0.482 e. The molecule has 2 saturated heterocycles. The van der Waals surface area contributed by atoms with Gasteiger partial charge in [0.2, 0.25) is 0 Å². The molecule has 32 heavy (non-hydrogen) atoms. The van der Waals surface area contributed by atoms with Gasteiger partial charge in [-0.25, -0.2) is 4.79 Å². The summed E-state index contributed by atoms with van der Waals surface area (Å²) >= 11 is 0. The van der Waals surface area contributed by atoms with Crippen LogP contribution in [-0.4, -0.2) is 53.6 Å². The van der Waals surface area contributed by atoms with Crippen molar-refractivity contribution >= 4 is 6.09 Å². The number of benzene rings is 1. The van der Waals surface area contributed by atoms with Crippen LogP contribution in [0.1, 0.15) is 55.7 Å². The topological polar surface area (TPSA) is 68.6 Å². The summed E-state index contributed by atoms with van der Waals surface area (Å²) in [6.45, 7) is 6.01. The summed E-state index contributed by atoms with van der Waals surface area (Å²) in [5.41, 5.74) is 4.05. The van der Waals surface area contributed by atoms with E-state index in [-0.39, 0.29) is 6.09 Å². The van der Waals surface area contributed by atoms with Crippen LogP contribution >= 0.6 is 0 Å². The van der Waals surface area contributed by atoms with Crippen molar-refractivity contribution in [2.24, 2.45) is 5.92 Å². The fourth-order valence-electron chi connectivity index (χ4n) is 5.34. The van der Waals surface area contributed by atoms with Crippen molar-refractivity contribution in [3.05, 3.63) is 35.5 Å². The van der Waals surface area contributed by atoms with Crippen LogP contribution in [0.15, 0.2) is 24.4 Å². The minimum absolute atomic E-state index is 0.176. The third kappa shape index (κ3) is 3.56. The summed E-state index contributed by atoms with van der Waals surface area (Å²) < 4.78 is 14.5. The monoisotopic (exact) mass is 436 g/mol. The van der Waals surface area contributed by atoms with Crippen LogP contribution in [0.2, 0.25) is 0 Å². The molecule has 1 aromatic carbocycles.